The lowest BCUT2D eigenvalue weighted by molar-refractivity contribution is -0.137. The highest BCUT2D eigenvalue weighted by Crippen LogP contribution is 2.43. The van der Waals surface area contributed by atoms with Crippen molar-refractivity contribution < 1.29 is 22.7 Å². The first kappa shape index (κ1) is 18.7. The van der Waals surface area contributed by atoms with Gasteiger partial charge in [-0.05, 0) is 74.9 Å². The monoisotopic (exact) mass is 382 g/mol. The standard InChI is InChI=1S/C20H25F3N2O2/c21-20(22,23)14-5-6-15(16(11-14)13-3-4-13)19(26)24-17-12-27-10-7-18(17)25-8-1-2-9-25/h5-6,11,13,17-18H,1-4,7-10,12H2,(H,24,26)/t17-,18?/m1/s1. The lowest BCUT2D eigenvalue weighted by Crippen LogP contribution is -2.56. The summed E-state index contributed by atoms with van der Waals surface area (Å²) in [6, 6.07) is 3.61. The maximum atomic E-state index is 13.1. The van der Waals surface area contributed by atoms with E-state index in [1.807, 2.05) is 0 Å². The topological polar surface area (TPSA) is 41.6 Å². The number of hydrogen-bond acceptors (Lipinski definition) is 3. The quantitative estimate of drug-likeness (QED) is 0.866. The first-order valence-corrected chi connectivity index (χ1v) is 9.77. The van der Waals surface area contributed by atoms with E-state index < -0.39 is 11.7 Å². The van der Waals surface area contributed by atoms with Gasteiger partial charge < -0.3 is 10.1 Å². The van der Waals surface area contributed by atoms with Gasteiger partial charge in [0, 0.05) is 18.2 Å². The Morgan fingerprint density at radius 2 is 1.89 bits per heavy atom. The lowest BCUT2D eigenvalue weighted by Gasteiger charge is -2.38. The van der Waals surface area contributed by atoms with E-state index in [2.05, 4.69) is 10.2 Å². The van der Waals surface area contributed by atoms with Gasteiger partial charge >= 0.3 is 6.18 Å². The van der Waals surface area contributed by atoms with Gasteiger partial charge in [0.05, 0.1) is 18.2 Å². The number of likely N-dealkylation sites (tertiary alicyclic amines) is 1. The third kappa shape index (κ3) is 4.14. The Balaban J connectivity index is 1.53. The second-order valence-corrected chi connectivity index (χ2v) is 7.83. The third-order valence-electron chi connectivity index (χ3n) is 5.89. The van der Waals surface area contributed by atoms with Crippen LogP contribution in [0.1, 0.15) is 59.5 Å². The van der Waals surface area contributed by atoms with Crippen LogP contribution in [-0.4, -0.2) is 49.2 Å². The molecule has 1 aromatic carbocycles. The van der Waals surface area contributed by atoms with E-state index >= 15 is 0 Å². The minimum Gasteiger partial charge on any atom is -0.379 e. The number of halogens is 3. The highest BCUT2D eigenvalue weighted by molar-refractivity contribution is 5.96. The smallest absolute Gasteiger partial charge is 0.379 e. The molecule has 2 saturated heterocycles. The van der Waals surface area contributed by atoms with Gasteiger partial charge in [-0.3, -0.25) is 9.69 Å². The van der Waals surface area contributed by atoms with Crippen LogP contribution >= 0.6 is 0 Å². The van der Waals surface area contributed by atoms with E-state index in [9.17, 15) is 18.0 Å². The summed E-state index contributed by atoms with van der Waals surface area (Å²) in [5.41, 5.74) is 0.213. The summed E-state index contributed by atoms with van der Waals surface area (Å²) >= 11 is 0. The predicted octanol–water partition coefficient (Wildman–Crippen LogP) is 3.57. The molecule has 0 aromatic heterocycles. The Bertz CT molecular complexity index is 697. The number of carbonyl (C=O) groups excluding carboxylic acids is 1. The molecular weight excluding hydrogens is 357 g/mol. The van der Waals surface area contributed by atoms with Crippen molar-refractivity contribution >= 4 is 5.91 Å². The van der Waals surface area contributed by atoms with Crippen LogP contribution in [0, 0.1) is 0 Å². The van der Waals surface area contributed by atoms with Crippen LogP contribution in [0.15, 0.2) is 18.2 Å². The fourth-order valence-corrected chi connectivity index (χ4v) is 4.30. The van der Waals surface area contributed by atoms with E-state index in [-0.39, 0.29) is 23.9 Å². The Hall–Kier alpha value is -1.60. The highest BCUT2D eigenvalue weighted by atomic mass is 19.4. The van der Waals surface area contributed by atoms with Gasteiger partial charge in [-0.1, -0.05) is 0 Å². The number of nitrogens with one attached hydrogen (secondary N) is 1. The molecule has 2 heterocycles. The number of benzene rings is 1. The molecule has 3 fully saturated rings. The zero-order valence-corrected chi connectivity index (χ0v) is 15.2. The van der Waals surface area contributed by atoms with Gasteiger partial charge in [0.1, 0.15) is 0 Å². The molecule has 148 valence electrons. The van der Waals surface area contributed by atoms with Crippen molar-refractivity contribution in [3.8, 4) is 0 Å². The second-order valence-electron chi connectivity index (χ2n) is 7.83. The largest absolute Gasteiger partial charge is 0.416 e. The summed E-state index contributed by atoms with van der Waals surface area (Å²) in [7, 11) is 0. The van der Waals surface area contributed by atoms with Crippen molar-refractivity contribution in [1.82, 2.24) is 10.2 Å². The molecule has 0 radical (unpaired) electrons. The van der Waals surface area contributed by atoms with Crippen molar-refractivity contribution in [3.05, 3.63) is 34.9 Å². The Kier molecular flexibility index (Phi) is 5.16. The molecule has 1 unspecified atom stereocenters. The molecule has 1 N–H and O–H groups in total. The predicted molar refractivity (Wildman–Crippen MR) is 94.7 cm³/mol. The van der Waals surface area contributed by atoms with Crippen molar-refractivity contribution in [3.63, 3.8) is 0 Å². The van der Waals surface area contributed by atoms with Crippen molar-refractivity contribution in [2.45, 2.75) is 56.3 Å². The van der Waals surface area contributed by atoms with Crippen molar-refractivity contribution in [1.29, 1.82) is 0 Å². The zero-order valence-electron chi connectivity index (χ0n) is 15.2. The number of amides is 1. The SMILES string of the molecule is O=C(N[C@@H]1COCCC1N1CCCC1)c1ccc(C(F)(F)F)cc1C1CC1. The first-order valence-electron chi connectivity index (χ1n) is 9.77. The fraction of sp³-hybridized carbons (Fsp3) is 0.650. The third-order valence-corrected chi connectivity index (χ3v) is 5.89. The maximum absolute atomic E-state index is 13.1. The van der Waals surface area contributed by atoms with Crippen LogP contribution in [0.5, 0.6) is 0 Å². The minimum absolute atomic E-state index is 0.0602. The van der Waals surface area contributed by atoms with Crippen molar-refractivity contribution in [2.75, 3.05) is 26.3 Å². The molecule has 1 aliphatic carbocycles. The minimum atomic E-state index is -4.39. The summed E-state index contributed by atoms with van der Waals surface area (Å²) in [5, 5.41) is 3.06. The molecule has 3 aliphatic rings. The van der Waals surface area contributed by atoms with Crippen LogP contribution in [0.4, 0.5) is 13.2 Å². The van der Waals surface area contributed by atoms with Gasteiger partial charge in [-0.2, -0.15) is 13.2 Å². The Morgan fingerprint density at radius 3 is 2.56 bits per heavy atom. The van der Waals surface area contributed by atoms with Crippen LogP contribution < -0.4 is 5.32 Å². The van der Waals surface area contributed by atoms with Gasteiger partial charge in [-0.25, -0.2) is 0 Å². The molecule has 0 bridgehead atoms. The zero-order chi connectivity index (χ0) is 19.0. The van der Waals surface area contributed by atoms with Gasteiger partial charge in [-0.15, -0.1) is 0 Å². The van der Waals surface area contributed by atoms with Gasteiger partial charge in [0.25, 0.3) is 5.91 Å². The number of carbonyl (C=O) groups is 1. The second kappa shape index (κ2) is 7.43. The molecule has 1 aromatic rings. The summed E-state index contributed by atoms with van der Waals surface area (Å²) in [4.78, 5) is 15.3. The molecule has 27 heavy (non-hydrogen) atoms. The summed E-state index contributed by atoms with van der Waals surface area (Å²) in [6.07, 6.45) is 0.491. The molecule has 0 spiro atoms. The van der Waals surface area contributed by atoms with Crippen LogP contribution in [0.3, 0.4) is 0 Å². The number of rotatable bonds is 4. The molecule has 2 atom stereocenters. The molecule has 2 aliphatic heterocycles. The molecule has 7 heteroatoms. The average Bonchev–Trinajstić information content (AvgIpc) is 3.35. The fourth-order valence-electron chi connectivity index (χ4n) is 4.30. The van der Waals surface area contributed by atoms with E-state index in [4.69, 9.17) is 4.74 Å². The number of ether oxygens (including phenoxy) is 1. The first-order chi connectivity index (χ1) is 12.9. The van der Waals surface area contributed by atoms with E-state index in [0.29, 0.717) is 24.3 Å². The van der Waals surface area contributed by atoms with E-state index in [1.54, 1.807) is 0 Å². The molecule has 1 saturated carbocycles. The number of nitrogens with zero attached hydrogens (tertiary/aromatic N) is 1. The van der Waals surface area contributed by atoms with Gasteiger partial charge in [0.2, 0.25) is 0 Å². The molecule has 4 nitrogen and oxygen atoms in total. The summed E-state index contributed by atoms with van der Waals surface area (Å²) in [6.45, 7) is 3.20. The Morgan fingerprint density at radius 1 is 1.15 bits per heavy atom. The normalized spacial score (nSPS) is 26.9. The Labute approximate surface area is 157 Å². The van der Waals surface area contributed by atoms with Gasteiger partial charge in [0.15, 0.2) is 0 Å². The highest BCUT2D eigenvalue weighted by Gasteiger charge is 2.37. The maximum Gasteiger partial charge on any atom is 0.416 e. The van der Waals surface area contributed by atoms with Crippen LogP contribution in [0.25, 0.3) is 0 Å². The van der Waals surface area contributed by atoms with Crippen molar-refractivity contribution in [2.24, 2.45) is 0 Å². The van der Waals surface area contributed by atoms with Crippen LogP contribution in [0.2, 0.25) is 0 Å². The number of hydrogen-bond donors (Lipinski definition) is 1. The average molecular weight is 382 g/mol. The molecule has 4 rings (SSSR count). The summed E-state index contributed by atoms with van der Waals surface area (Å²) < 4.78 is 44.7. The molecular formula is C20H25F3N2O2. The number of alkyl halides is 3. The van der Waals surface area contributed by atoms with Crippen LogP contribution in [-0.2, 0) is 10.9 Å². The molecule has 1 amide bonds. The summed E-state index contributed by atoms with van der Waals surface area (Å²) in [5.74, 6) is -0.227. The van der Waals surface area contributed by atoms with E-state index in [0.717, 1.165) is 44.5 Å². The van der Waals surface area contributed by atoms with E-state index in [1.165, 1.54) is 18.9 Å². The lowest BCUT2D eigenvalue weighted by atomic mass is 9.97.